The van der Waals surface area contributed by atoms with Gasteiger partial charge in [0.1, 0.15) is 5.82 Å². The molecule has 0 atom stereocenters. The number of allylic oxidation sites excluding steroid dienone is 12. The zero-order chi connectivity index (χ0) is 18.1. The van der Waals surface area contributed by atoms with Gasteiger partial charge < -0.3 is 0 Å². The van der Waals surface area contributed by atoms with E-state index in [-0.39, 0.29) is 0 Å². The predicted molar refractivity (Wildman–Crippen MR) is 111 cm³/mol. The van der Waals surface area contributed by atoms with Crippen molar-refractivity contribution in [2.24, 2.45) is 0 Å². The third kappa shape index (κ3) is 4.12. The maximum atomic E-state index is 4.82. The third-order valence-corrected chi connectivity index (χ3v) is 3.48. The monoisotopic (exact) mass is 326 g/mol. The highest BCUT2D eigenvalue weighted by Crippen LogP contribution is 2.27. The summed E-state index contributed by atoms with van der Waals surface area (Å²) in [6, 6.07) is 8.04. The van der Waals surface area contributed by atoms with Crippen LogP contribution >= 0.6 is 0 Å². The standard InChI is InChI=1S/C23H22N2/c1-5-9-15-19(13-7-3)23-24-21-17-11-12-18-22(21)25(23)20(14-8-4)16-10-6-2/h5-18H,1-4H2/b15-9-,16-10-,19-13+,20-14+. The molecule has 0 bridgehead atoms. The summed E-state index contributed by atoms with van der Waals surface area (Å²) in [7, 11) is 0. The molecule has 0 saturated carbocycles. The molecule has 2 aromatic rings. The van der Waals surface area contributed by atoms with Gasteiger partial charge in [0.2, 0.25) is 0 Å². The Bertz CT molecular complexity index is 915. The summed E-state index contributed by atoms with van der Waals surface area (Å²) in [6.45, 7) is 15.1. The quantitative estimate of drug-likeness (QED) is 0.535. The van der Waals surface area contributed by atoms with Gasteiger partial charge in [0.15, 0.2) is 0 Å². The molecule has 0 aliphatic carbocycles. The van der Waals surface area contributed by atoms with Gasteiger partial charge in [0, 0.05) is 11.3 Å². The second-order valence-electron chi connectivity index (χ2n) is 5.13. The van der Waals surface area contributed by atoms with E-state index in [4.69, 9.17) is 4.98 Å². The minimum Gasteiger partial charge on any atom is -0.292 e. The van der Waals surface area contributed by atoms with Crippen LogP contribution in [-0.4, -0.2) is 9.55 Å². The topological polar surface area (TPSA) is 17.8 Å². The fourth-order valence-electron chi connectivity index (χ4n) is 2.48. The number of hydrogen-bond acceptors (Lipinski definition) is 1. The Hall–Kier alpha value is -3.39. The van der Waals surface area contributed by atoms with Gasteiger partial charge in [0.25, 0.3) is 0 Å². The number of nitrogens with zero attached hydrogens (tertiary/aromatic N) is 2. The van der Waals surface area contributed by atoms with E-state index in [2.05, 4.69) is 30.9 Å². The van der Waals surface area contributed by atoms with Crippen LogP contribution in [0.5, 0.6) is 0 Å². The normalized spacial score (nSPS) is 12.8. The summed E-state index contributed by atoms with van der Waals surface area (Å²) in [6.07, 6.45) is 18.6. The molecule has 0 amide bonds. The van der Waals surface area contributed by atoms with Gasteiger partial charge in [-0.05, 0) is 24.3 Å². The van der Waals surface area contributed by atoms with Gasteiger partial charge >= 0.3 is 0 Å². The largest absolute Gasteiger partial charge is 0.292 e. The van der Waals surface area contributed by atoms with Crippen LogP contribution in [0, 0.1) is 0 Å². The number of fused-ring (bicyclic) bond motifs is 1. The summed E-state index contributed by atoms with van der Waals surface area (Å²) in [5.74, 6) is 0.820. The van der Waals surface area contributed by atoms with Crippen LogP contribution in [-0.2, 0) is 0 Å². The summed E-state index contributed by atoms with van der Waals surface area (Å²) in [4.78, 5) is 4.82. The molecular weight excluding hydrogens is 304 g/mol. The van der Waals surface area contributed by atoms with E-state index in [1.807, 2.05) is 60.7 Å². The molecule has 0 aliphatic rings. The van der Waals surface area contributed by atoms with Gasteiger partial charge in [-0.1, -0.05) is 87.1 Å². The van der Waals surface area contributed by atoms with Crippen LogP contribution in [0.4, 0.5) is 0 Å². The first-order chi connectivity index (χ1) is 12.3. The lowest BCUT2D eigenvalue weighted by molar-refractivity contribution is 1.09. The van der Waals surface area contributed by atoms with E-state index in [0.29, 0.717) is 0 Å². The first-order valence-corrected chi connectivity index (χ1v) is 7.98. The number of benzene rings is 1. The molecule has 2 heteroatoms. The zero-order valence-corrected chi connectivity index (χ0v) is 14.3. The molecule has 0 spiro atoms. The van der Waals surface area contributed by atoms with Crippen molar-refractivity contribution in [1.82, 2.24) is 9.55 Å². The first kappa shape index (κ1) is 18.0. The molecule has 1 aromatic carbocycles. The molecule has 0 radical (unpaired) electrons. The Morgan fingerprint density at radius 3 is 2.20 bits per heavy atom. The number of imidazole rings is 1. The van der Waals surface area contributed by atoms with E-state index in [0.717, 1.165) is 28.1 Å². The van der Waals surface area contributed by atoms with Crippen molar-refractivity contribution < 1.29 is 0 Å². The number of para-hydroxylation sites is 2. The van der Waals surface area contributed by atoms with Crippen molar-refractivity contribution in [3.05, 3.63) is 117 Å². The lowest BCUT2D eigenvalue weighted by atomic mass is 10.2. The Morgan fingerprint density at radius 2 is 1.52 bits per heavy atom. The van der Waals surface area contributed by atoms with Crippen molar-refractivity contribution in [2.75, 3.05) is 0 Å². The van der Waals surface area contributed by atoms with Crippen molar-refractivity contribution in [3.8, 4) is 0 Å². The maximum Gasteiger partial charge on any atom is 0.145 e. The Balaban J connectivity index is 2.84. The fraction of sp³-hybridized carbons (Fsp3) is 0. The van der Waals surface area contributed by atoms with Gasteiger partial charge in [-0.3, -0.25) is 4.57 Å². The molecule has 1 heterocycles. The van der Waals surface area contributed by atoms with Crippen molar-refractivity contribution in [1.29, 1.82) is 0 Å². The molecule has 0 fully saturated rings. The lowest BCUT2D eigenvalue weighted by Crippen LogP contribution is -2.01. The minimum absolute atomic E-state index is 0.820. The molecule has 2 nitrogen and oxygen atoms in total. The minimum atomic E-state index is 0.820. The zero-order valence-electron chi connectivity index (χ0n) is 14.3. The second kappa shape index (κ2) is 9.04. The smallest absolute Gasteiger partial charge is 0.145 e. The number of hydrogen-bond donors (Lipinski definition) is 0. The van der Waals surface area contributed by atoms with E-state index in [1.165, 1.54) is 0 Å². The van der Waals surface area contributed by atoms with Gasteiger partial charge in [-0.2, -0.15) is 0 Å². The van der Waals surface area contributed by atoms with Crippen LogP contribution < -0.4 is 0 Å². The number of aromatic nitrogens is 2. The second-order valence-corrected chi connectivity index (χ2v) is 5.13. The molecule has 0 unspecified atom stereocenters. The SMILES string of the molecule is C=C/C=C\C(=C/C=C)c1nc2ccccc2n1C(/C=C\C=C)=C/C=C. The molecule has 1 aromatic heterocycles. The molecule has 0 N–H and O–H groups in total. The van der Waals surface area contributed by atoms with Gasteiger partial charge in [0.05, 0.1) is 11.0 Å². The first-order valence-electron chi connectivity index (χ1n) is 7.98. The summed E-state index contributed by atoms with van der Waals surface area (Å²) >= 11 is 0. The summed E-state index contributed by atoms with van der Waals surface area (Å²) in [5.41, 5.74) is 3.82. The van der Waals surface area contributed by atoms with Crippen LogP contribution in [0.2, 0.25) is 0 Å². The van der Waals surface area contributed by atoms with Gasteiger partial charge in [-0.15, -0.1) is 0 Å². The molecule has 25 heavy (non-hydrogen) atoms. The van der Waals surface area contributed by atoms with Gasteiger partial charge in [-0.25, -0.2) is 4.98 Å². The third-order valence-electron chi connectivity index (χ3n) is 3.48. The highest BCUT2D eigenvalue weighted by Gasteiger charge is 2.14. The molecular formula is C23H22N2. The van der Waals surface area contributed by atoms with Crippen molar-refractivity contribution in [3.63, 3.8) is 0 Å². The summed E-state index contributed by atoms with van der Waals surface area (Å²) < 4.78 is 2.10. The van der Waals surface area contributed by atoms with Crippen LogP contribution in [0.25, 0.3) is 22.3 Å². The molecule has 124 valence electrons. The average Bonchev–Trinajstić information content (AvgIpc) is 3.01. The van der Waals surface area contributed by atoms with Crippen LogP contribution in [0.3, 0.4) is 0 Å². The Kier molecular flexibility index (Phi) is 6.49. The molecule has 0 saturated heterocycles. The van der Waals surface area contributed by atoms with E-state index in [1.54, 1.807) is 24.3 Å². The van der Waals surface area contributed by atoms with Crippen molar-refractivity contribution >= 4 is 22.3 Å². The summed E-state index contributed by atoms with van der Waals surface area (Å²) in [5, 5.41) is 0. The Morgan fingerprint density at radius 1 is 0.840 bits per heavy atom. The Labute approximate surface area is 149 Å². The average molecular weight is 326 g/mol. The van der Waals surface area contributed by atoms with E-state index < -0.39 is 0 Å². The molecule has 2 rings (SSSR count). The fourth-order valence-corrected chi connectivity index (χ4v) is 2.48. The van der Waals surface area contributed by atoms with Crippen LogP contribution in [0.15, 0.2) is 111 Å². The highest BCUT2D eigenvalue weighted by molar-refractivity contribution is 5.87. The highest BCUT2D eigenvalue weighted by atomic mass is 15.1. The molecule has 0 aliphatic heterocycles. The van der Waals surface area contributed by atoms with E-state index >= 15 is 0 Å². The maximum absolute atomic E-state index is 4.82. The van der Waals surface area contributed by atoms with Crippen molar-refractivity contribution in [2.45, 2.75) is 0 Å². The van der Waals surface area contributed by atoms with E-state index in [9.17, 15) is 0 Å². The predicted octanol–water partition coefficient (Wildman–Crippen LogP) is 6.12. The lowest BCUT2D eigenvalue weighted by Gasteiger charge is -2.11. The number of rotatable bonds is 8. The van der Waals surface area contributed by atoms with Crippen LogP contribution in [0.1, 0.15) is 5.82 Å².